The maximum absolute atomic E-state index is 15.8. The minimum Gasteiger partial charge on any atom is -0.457 e. The van der Waals surface area contributed by atoms with Crippen LogP contribution in [-0.4, -0.2) is 69.3 Å². The lowest BCUT2D eigenvalue weighted by atomic mass is 9.83. The number of hydrogen-bond donors (Lipinski definition) is 0. The number of ether oxygens (including phenoxy) is 2. The van der Waals surface area contributed by atoms with Crippen LogP contribution in [0.3, 0.4) is 0 Å². The lowest BCUT2D eigenvalue weighted by molar-refractivity contribution is 0.0605. The van der Waals surface area contributed by atoms with E-state index >= 15 is 19.2 Å². The van der Waals surface area contributed by atoms with Gasteiger partial charge in [-0.15, -0.1) is 0 Å². The number of anilines is 1. The molecule has 0 radical (unpaired) electrons. The number of aromatic nitrogens is 2. The van der Waals surface area contributed by atoms with E-state index < -0.39 is 79.2 Å². The standard InChI is InChI=1S/C79H66N6O12/c1-8-9-10-11-12-16-36-81-68(86)48-28-30-50-63-51(31-29-49(62(48)63)69(81)87)71(89)82(70(50)88)83-72(90)52-37-54-55(38-53(52)73(83)91)75(93)84(74(54)92)85-76(94)56-39-59(96-43-24-20-41(21-25-43)78(2,3)4)65-46-19-17-18-45-58(80-34-14-13-15-35-80)33-32-47(61(45)46)66-60(40-57(77(85)95)64(56)67(65)66)97-44-26-22-42(23-27-44)79(5,6)7/h17-33,37-40H,8-16,34-36H2,1-7H3. The number of hydrogen-bond acceptors (Lipinski definition) is 13. The van der Waals surface area contributed by atoms with E-state index in [4.69, 9.17) is 9.47 Å². The molecular weight excluding hydrogens is 1220 g/mol. The van der Waals surface area contributed by atoms with Gasteiger partial charge in [0.15, 0.2) is 0 Å². The van der Waals surface area contributed by atoms with Crippen LogP contribution in [0.2, 0.25) is 0 Å². The van der Waals surface area contributed by atoms with Gasteiger partial charge in [-0.25, -0.2) is 0 Å². The smallest absolute Gasteiger partial charge is 0.281 e. The summed E-state index contributed by atoms with van der Waals surface area (Å²) >= 11 is 0. The van der Waals surface area contributed by atoms with Crippen molar-refractivity contribution in [1.29, 1.82) is 0 Å². The van der Waals surface area contributed by atoms with Crippen LogP contribution in [0, 0.1) is 0 Å². The predicted molar refractivity (Wildman–Crippen MR) is 375 cm³/mol. The van der Waals surface area contributed by atoms with Crippen molar-refractivity contribution in [3.05, 3.63) is 213 Å². The van der Waals surface area contributed by atoms with Crippen molar-refractivity contribution in [3.63, 3.8) is 0 Å². The fourth-order valence-electron chi connectivity index (χ4n) is 15.3. The van der Waals surface area contributed by atoms with Gasteiger partial charge in [-0.3, -0.25) is 52.8 Å². The number of fused-ring (bicyclic) bond motifs is 4. The van der Waals surface area contributed by atoms with E-state index in [2.05, 4.69) is 71.6 Å². The fourth-order valence-corrected chi connectivity index (χ4v) is 15.3. The lowest BCUT2D eigenvalue weighted by Gasteiger charge is -2.31. The van der Waals surface area contributed by atoms with E-state index in [1.165, 1.54) is 29.2 Å². The Morgan fingerprint density at radius 2 is 0.763 bits per heavy atom. The number of nitrogens with zero attached hydrogens (tertiary/aromatic N) is 6. The normalized spacial score (nSPS) is 15.2. The second-order valence-corrected chi connectivity index (χ2v) is 28.2. The highest BCUT2D eigenvalue weighted by atomic mass is 16.5. The zero-order valence-electron chi connectivity index (χ0n) is 54.7. The van der Waals surface area contributed by atoms with Crippen LogP contribution >= 0.6 is 0 Å². The van der Waals surface area contributed by atoms with E-state index in [-0.39, 0.29) is 78.4 Å². The van der Waals surface area contributed by atoms with Crippen molar-refractivity contribution in [2.24, 2.45) is 0 Å². The summed E-state index contributed by atoms with van der Waals surface area (Å²) in [4.78, 5) is 153. The molecule has 18 nitrogen and oxygen atoms in total. The third-order valence-electron chi connectivity index (χ3n) is 20.3. The molecule has 4 aliphatic heterocycles. The molecule has 1 saturated heterocycles. The molecule has 6 heterocycles. The van der Waals surface area contributed by atoms with Crippen molar-refractivity contribution in [2.75, 3.05) is 34.6 Å². The molecule has 12 aromatic rings. The second kappa shape index (κ2) is 22.0. The first-order valence-corrected chi connectivity index (χ1v) is 33.3. The Morgan fingerprint density at radius 1 is 0.361 bits per heavy atom. The third kappa shape index (κ3) is 9.04. The molecule has 0 unspecified atom stereocenters. The molecule has 97 heavy (non-hydrogen) atoms. The number of piperidine rings is 1. The monoisotopic (exact) mass is 1290 g/mol. The van der Waals surface area contributed by atoms with E-state index in [1.54, 1.807) is 12.1 Å². The molecule has 0 spiro atoms. The maximum atomic E-state index is 15.8. The molecule has 10 aromatic carbocycles. The van der Waals surface area contributed by atoms with Gasteiger partial charge in [0.2, 0.25) is 0 Å². The van der Waals surface area contributed by atoms with Crippen molar-refractivity contribution >= 4 is 117 Å². The first-order valence-electron chi connectivity index (χ1n) is 33.3. The summed E-state index contributed by atoms with van der Waals surface area (Å²) in [6, 6.07) is 36.1. The maximum Gasteiger partial charge on any atom is 0.281 e. The van der Waals surface area contributed by atoms with Gasteiger partial charge >= 0.3 is 0 Å². The predicted octanol–water partition coefficient (Wildman–Crippen LogP) is 14.1. The Bertz CT molecular complexity index is 5470. The van der Waals surface area contributed by atoms with Crippen LogP contribution < -0.4 is 46.6 Å². The largest absolute Gasteiger partial charge is 0.457 e. The molecule has 0 N–H and O–H groups in total. The number of imide groups is 3. The Balaban J connectivity index is 0.838. The zero-order chi connectivity index (χ0) is 67.6. The average molecular weight is 1290 g/mol. The summed E-state index contributed by atoms with van der Waals surface area (Å²) in [5.41, 5.74) is -2.27. The average Bonchev–Trinajstić information content (AvgIpc) is 1.22. The number of benzene rings is 10. The Morgan fingerprint density at radius 3 is 1.22 bits per heavy atom. The molecule has 484 valence electrons. The molecule has 2 aromatic heterocycles. The highest BCUT2D eigenvalue weighted by Gasteiger charge is 2.44. The van der Waals surface area contributed by atoms with Crippen molar-refractivity contribution < 1.29 is 38.2 Å². The molecule has 0 aliphatic carbocycles. The molecule has 18 heteroatoms. The quantitative estimate of drug-likeness (QED) is 0.0429. The van der Waals surface area contributed by atoms with Gasteiger partial charge in [0, 0.05) is 74.2 Å². The number of carbonyl (C=O) groups is 6. The first kappa shape index (κ1) is 60.8. The van der Waals surface area contributed by atoms with Crippen LogP contribution in [0.5, 0.6) is 23.0 Å². The molecule has 4 aliphatic rings. The molecule has 0 saturated carbocycles. The number of amides is 6. The topological polar surface area (TPSA) is 212 Å². The summed E-state index contributed by atoms with van der Waals surface area (Å²) in [5, 5.41) is 4.49. The molecule has 6 amide bonds. The Kier molecular flexibility index (Phi) is 13.8. The van der Waals surface area contributed by atoms with Crippen LogP contribution in [0.4, 0.5) is 5.69 Å². The summed E-state index contributed by atoms with van der Waals surface area (Å²) in [7, 11) is 0. The van der Waals surface area contributed by atoms with Gasteiger partial charge in [-0.05, 0) is 143 Å². The molecule has 1 fully saturated rings. The highest BCUT2D eigenvalue weighted by molar-refractivity contribution is 6.43. The number of carbonyl (C=O) groups excluding carboxylic acids is 6. The number of rotatable bonds is 14. The summed E-state index contributed by atoms with van der Waals surface area (Å²) in [6.07, 6.45) is 8.82. The Hall–Kier alpha value is -11.1. The number of unbranched alkanes of at least 4 members (excludes halogenated alkanes) is 5. The molecule has 0 atom stereocenters. The van der Waals surface area contributed by atoms with Gasteiger partial charge in [0.05, 0.1) is 43.8 Å². The van der Waals surface area contributed by atoms with Crippen molar-refractivity contribution in [3.8, 4) is 23.0 Å². The Labute approximate surface area is 554 Å². The van der Waals surface area contributed by atoms with E-state index in [1.807, 2.05) is 60.7 Å². The summed E-state index contributed by atoms with van der Waals surface area (Å²) < 4.78 is 14.8. The summed E-state index contributed by atoms with van der Waals surface area (Å²) in [5.74, 6) is -4.13. The van der Waals surface area contributed by atoms with Gasteiger partial charge < -0.3 is 14.4 Å². The summed E-state index contributed by atoms with van der Waals surface area (Å²) in [6.45, 7) is 16.7. The van der Waals surface area contributed by atoms with Gasteiger partial charge in [0.25, 0.3) is 57.7 Å². The van der Waals surface area contributed by atoms with Crippen LogP contribution in [0.1, 0.15) is 180 Å². The van der Waals surface area contributed by atoms with Crippen LogP contribution in [-0.2, 0) is 10.8 Å². The third-order valence-corrected chi connectivity index (χ3v) is 20.3. The van der Waals surface area contributed by atoms with Crippen molar-refractivity contribution in [2.45, 2.75) is 117 Å². The van der Waals surface area contributed by atoms with E-state index in [0.717, 1.165) is 115 Å². The zero-order valence-corrected chi connectivity index (χ0v) is 54.7. The van der Waals surface area contributed by atoms with Gasteiger partial charge in [-0.2, -0.15) is 19.4 Å². The minimum atomic E-state index is -1.20. The molecule has 0 bridgehead atoms. The molecular formula is C79H66N6O12. The SMILES string of the molecule is CCCCCCCCN1C(=O)c2ccc3c4c(ccc(c24)C1=O)C(=O)N(n1c(=O)c2cc4c(=O)n(N5C(=O)c6cc(Oc7ccc(C(C)(C)C)cc7)c7c8cccc9c(N%10CCCCC%10)ccc(c%10c(Oc%11ccc(C(C)(C)C)cc%11)cc(c6c7%10)C5=O)c98)c(=O)c4cc2c1=O)C3=O. The first-order chi connectivity index (χ1) is 46.5. The fraction of sp³-hybridized carbons (Fsp3) is 0.266. The van der Waals surface area contributed by atoms with Crippen molar-refractivity contribution in [1.82, 2.24) is 14.3 Å². The van der Waals surface area contributed by atoms with Gasteiger partial charge in [0.1, 0.15) is 23.0 Å². The van der Waals surface area contributed by atoms with Crippen LogP contribution in [0.15, 0.2) is 147 Å². The van der Waals surface area contributed by atoms with Crippen LogP contribution in [0.25, 0.3) is 75.4 Å². The lowest BCUT2D eigenvalue weighted by Crippen LogP contribution is -2.55. The van der Waals surface area contributed by atoms with Gasteiger partial charge in [-0.1, -0.05) is 129 Å². The van der Waals surface area contributed by atoms with E-state index in [9.17, 15) is 28.8 Å². The minimum absolute atomic E-state index is 0.0210. The second-order valence-electron chi connectivity index (χ2n) is 28.2. The molecule has 16 rings (SSSR count). The highest BCUT2D eigenvalue weighted by Crippen LogP contribution is 2.53. The van der Waals surface area contributed by atoms with E-state index in [0.29, 0.717) is 53.4 Å².